The highest BCUT2D eigenvalue weighted by molar-refractivity contribution is 4.64. The van der Waals surface area contributed by atoms with Gasteiger partial charge in [-0.15, -0.1) is 0 Å². The molecule has 0 aliphatic heterocycles. The third-order valence-electron chi connectivity index (χ3n) is 3.87. The lowest BCUT2D eigenvalue weighted by atomic mass is 10.0. The third-order valence-corrected chi connectivity index (χ3v) is 3.87. The van der Waals surface area contributed by atoms with Crippen LogP contribution in [0.5, 0.6) is 0 Å². The second-order valence-corrected chi connectivity index (χ2v) is 5.90. The maximum Gasteiger partial charge on any atom is -0.00773 e. The van der Waals surface area contributed by atoms with Crippen molar-refractivity contribution in [3.8, 4) is 0 Å². The van der Waals surface area contributed by atoms with Gasteiger partial charge in [-0.1, -0.05) is 96.8 Å². The molecule has 2 N–H and O–H groups in total. The summed E-state index contributed by atoms with van der Waals surface area (Å²) >= 11 is 0. The molecule has 0 aliphatic carbocycles. The van der Waals surface area contributed by atoms with Crippen LogP contribution in [0, 0.1) is 6.42 Å². The minimum atomic E-state index is 0.868. The molecule has 0 fully saturated rings. The van der Waals surface area contributed by atoms with Crippen LogP contribution in [0.3, 0.4) is 0 Å². The van der Waals surface area contributed by atoms with Crippen molar-refractivity contribution in [1.82, 2.24) is 0 Å². The lowest BCUT2D eigenvalue weighted by Crippen LogP contribution is -1.97. The Bertz CT molecular complexity index is 129. The maximum absolute atomic E-state index is 5.48. The van der Waals surface area contributed by atoms with E-state index in [0.29, 0.717) is 0 Å². The van der Waals surface area contributed by atoms with E-state index in [4.69, 9.17) is 5.73 Å². The quantitative estimate of drug-likeness (QED) is 0.340. The summed E-state index contributed by atoms with van der Waals surface area (Å²) in [6, 6.07) is 0. The number of rotatable bonds is 16. The van der Waals surface area contributed by atoms with Crippen LogP contribution in [0.25, 0.3) is 0 Å². The van der Waals surface area contributed by atoms with Crippen LogP contribution < -0.4 is 5.73 Å². The lowest BCUT2D eigenvalue weighted by molar-refractivity contribution is 0.569. The fraction of sp³-hybridized carbons (Fsp3) is 0.944. The molecule has 0 aromatic carbocycles. The molecular weight excluding hydrogens is 230 g/mol. The Balaban J connectivity index is 2.88. The Labute approximate surface area is 122 Å². The van der Waals surface area contributed by atoms with Gasteiger partial charge in [0.15, 0.2) is 0 Å². The van der Waals surface area contributed by atoms with Crippen molar-refractivity contribution in [3.05, 3.63) is 6.42 Å². The van der Waals surface area contributed by atoms with Gasteiger partial charge in [-0.3, -0.25) is 0 Å². The fourth-order valence-corrected chi connectivity index (χ4v) is 2.53. The molecule has 1 nitrogen and oxygen atoms in total. The number of hydrogen-bond donors (Lipinski definition) is 1. The SMILES string of the molecule is CCCCCCCC[CH]CCCCCCCCCN. The topological polar surface area (TPSA) is 26.0 Å². The highest BCUT2D eigenvalue weighted by Gasteiger charge is 1.94. The predicted octanol–water partition coefficient (Wildman–Crippen LogP) is 6.02. The van der Waals surface area contributed by atoms with Crippen molar-refractivity contribution >= 4 is 0 Å². The average Bonchev–Trinajstić information content (AvgIpc) is 2.43. The predicted molar refractivity (Wildman–Crippen MR) is 88.3 cm³/mol. The molecule has 0 saturated carbocycles. The lowest BCUT2D eigenvalue weighted by Gasteiger charge is -2.03. The van der Waals surface area contributed by atoms with Gasteiger partial charge in [0, 0.05) is 0 Å². The van der Waals surface area contributed by atoms with Crippen molar-refractivity contribution in [1.29, 1.82) is 0 Å². The van der Waals surface area contributed by atoms with E-state index < -0.39 is 0 Å². The monoisotopic (exact) mass is 268 g/mol. The number of hydrogen-bond acceptors (Lipinski definition) is 1. The molecule has 0 saturated heterocycles. The largest absolute Gasteiger partial charge is 0.330 e. The van der Waals surface area contributed by atoms with E-state index in [9.17, 15) is 0 Å². The smallest absolute Gasteiger partial charge is 0.00773 e. The first-order valence-electron chi connectivity index (χ1n) is 8.93. The fourth-order valence-electron chi connectivity index (χ4n) is 2.53. The first-order valence-corrected chi connectivity index (χ1v) is 8.93. The van der Waals surface area contributed by atoms with Crippen LogP contribution in [0.4, 0.5) is 0 Å². The number of nitrogens with two attached hydrogens (primary N) is 1. The minimum Gasteiger partial charge on any atom is -0.330 e. The van der Waals surface area contributed by atoms with E-state index in [2.05, 4.69) is 13.3 Å². The van der Waals surface area contributed by atoms with Gasteiger partial charge in [-0.05, 0) is 19.4 Å². The van der Waals surface area contributed by atoms with E-state index in [1.807, 2.05) is 0 Å². The molecule has 0 aromatic heterocycles. The summed E-state index contributed by atoms with van der Waals surface area (Å²) in [4.78, 5) is 0. The zero-order valence-corrected chi connectivity index (χ0v) is 13.5. The van der Waals surface area contributed by atoms with Crippen molar-refractivity contribution in [2.75, 3.05) is 6.54 Å². The molecule has 1 radical (unpaired) electrons. The van der Waals surface area contributed by atoms with Crippen molar-refractivity contribution < 1.29 is 0 Å². The molecule has 115 valence electrons. The second-order valence-electron chi connectivity index (χ2n) is 5.90. The standard InChI is InChI=1S/C18H38N/c1-2-3-4-5-6-7-8-9-10-11-12-13-14-15-16-17-18-19/h9H,2-8,10-19H2,1H3. The van der Waals surface area contributed by atoms with Gasteiger partial charge in [0.05, 0.1) is 0 Å². The summed E-state index contributed by atoms with van der Waals surface area (Å²) in [6.07, 6.45) is 23.4. The van der Waals surface area contributed by atoms with Gasteiger partial charge in [0.2, 0.25) is 0 Å². The molecule has 0 spiro atoms. The third kappa shape index (κ3) is 18.0. The summed E-state index contributed by atoms with van der Waals surface area (Å²) in [5.41, 5.74) is 5.48. The molecule has 0 bridgehead atoms. The Kier molecular flexibility index (Phi) is 17.9. The zero-order chi connectivity index (χ0) is 14.0. The summed E-state index contributed by atoms with van der Waals surface area (Å²) in [6.45, 7) is 3.15. The molecule has 0 aromatic rings. The molecule has 0 rings (SSSR count). The van der Waals surface area contributed by atoms with Crippen molar-refractivity contribution in [3.63, 3.8) is 0 Å². The highest BCUT2D eigenvalue weighted by Crippen LogP contribution is 2.12. The van der Waals surface area contributed by atoms with E-state index in [1.165, 1.54) is 96.3 Å². The van der Waals surface area contributed by atoms with E-state index in [0.717, 1.165) is 6.54 Å². The van der Waals surface area contributed by atoms with Crippen LogP contribution in [0.2, 0.25) is 0 Å². The molecule has 1 heteroatoms. The summed E-state index contributed by atoms with van der Waals surface area (Å²) in [5.74, 6) is 0. The van der Waals surface area contributed by atoms with Crippen LogP contribution in [0.1, 0.15) is 103 Å². The van der Waals surface area contributed by atoms with Gasteiger partial charge in [-0.2, -0.15) is 0 Å². The van der Waals surface area contributed by atoms with Gasteiger partial charge >= 0.3 is 0 Å². The maximum atomic E-state index is 5.48. The molecule has 0 unspecified atom stereocenters. The van der Waals surface area contributed by atoms with Gasteiger partial charge in [-0.25, -0.2) is 0 Å². The van der Waals surface area contributed by atoms with Crippen LogP contribution in [-0.2, 0) is 0 Å². The van der Waals surface area contributed by atoms with Crippen molar-refractivity contribution in [2.45, 2.75) is 103 Å². The first kappa shape index (κ1) is 19.0. The van der Waals surface area contributed by atoms with Crippen LogP contribution in [-0.4, -0.2) is 6.54 Å². The molecule has 19 heavy (non-hydrogen) atoms. The molecular formula is C18H38N. The van der Waals surface area contributed by atoms with Gasteiger partial charge in [0.25, 0.3) is 0 Å². The first-order chi connectivity index (χ1) is 9.41. The van der Waals surface area contributed by atoms with E-state index in [1.54, 1.807) is 0 Å². The number of unbranched alkanes of at least 4 members (excludes halogenated alkanes) is 15. The van der Waals surface area contributed by atoms with Crippen LogP contribution in [0.15, 0.2) is 0 Å². The van der Waals surface area contributed by atoms with Crippen LogP contribution >= 0.6 is 0 Å². The minimum absolute atomic E-state index is 0.868. The molecule has 0 aliphatic rings. The highest BCUT2D eigenvalue weighted by atomic mass is 14.5. The summed E-state index contributed by atoms with van der Waals surface area (Å²) < 4.78 is 0. The van der Waals surface area contributed by atoms with Gasteiger partial charge in [0.1, 0.15) is 0 Å². The second kappa shape index (κ2) is 18.0. The Morgan fingerprint density at radius 2 is 1.00 bits per heavy atom. The van der Waals surface area contributed by atoms with E-state index >= 15 is 0 Å². The molecule has 0 amide bonds. The molecule has 0 atom stereocenters. The Morgan fingerprint density at radius 3 is 1.47 bits per heavy atom. The normalized spacial score (nSPS) is 11.1. The average molecular weight is 269 g/mol. The van der Waals surface area contributed by atoms with Crippen molar-refractivity contribution in [2.24, 2.45) is 5.73 Å². The molecule has 0 heterocycles. The van der Waals surface area contributed by atoms with Gasteiger partial charge < -0.3 is 5.73 Å². The van der Waals surface area contributed by atoms with E-state index in [-0.39, 0.29) is 0 Å². The Hall–Kier alpha value is -0.0400. The summed E-state index contributed by atoms with van der Waals surface area (Å²) in [5, 5.41) is 0. The Morgan fingerprint density at radius 1 is 0.579 bits per heavy atom. The summed E-state index contributed by atoms with van der Waals surface area (Å²) in [7, 11) is 0. The zero-order valence-electron chi connectivity index (χ0n) is 13.5.